The first kappa shape index (κ1) is 31.7. The third-order valence-corrected chi connectivity index (χ3v) is 7.77. The molecule has 0 unspecified atom stereocenters. The zero-order chi connectivity index (χ0) is 29.5. The van der Waals surface area contributed by atoms with Crippen LogP contribution in [-0.2, 0) is 22.4 Å². The van der Waals surface area contributed by atoms with Crippen LogP contribution in [0.25, 0.3) is 12.2 Å². The third-order valence-electron chi connectivity index (χ3n) is 7.77. The fourth-order valence-electron chi connectivity index (χ4n) is 4.89. The van der Waals surface area contributed by atoms with Crippen LogP contribution in [0.5, 0.6) is 5.75 Å². The minimum Gasteiger partial charge on any atom is -0.494 e. The van der Waals surface area contributed by atoms with Crippen molar-refractivity contribution >= 4 is 29.7 Å². The maximum atomic E-state index is 12.6. The summed E-state index contributed by atoms with van der Waals surface area (Å²) >= 11 is 0. The number of carboxylic acid groups (broad SMARTS) is 1. The summed E-state index contributed by atoms with van der Waals surface area (Å²) in [6.45, 7) is 6.53. The van der Waals surface area contributed by atoms with Gasteiger partial charge < -0.3 is 15.2 Å². The summed E-state index contributed by atoms with van der Waals surface area (Å²) in [6, 6.07) is 24.6. The van der Waals surface area contributed by atoms with E-state index >= 15 is 0 Å². The molecule has 0 aliphatic heterocycles. The number of ether oxygens (including phenoxy) is 1. The Morgan fingerprint density at radius 2 is 1.41 bits per heavy atom. The van der Waals surface area contributed by atoms with Crippen molar-refractivity contribution in [3.63, 3.8) is 0 Å². The Hall–Kier alpha value is -3.86. The Morgan fingerprint density at radius 1 is 0.805 bits per heavy atom. The number of carbonyl (C=O) groups excluding carboxylic acids is 1. The van der Waals surface area contributed by atoms with Gasteiger partial charge in [-0.1, -0.05) is 87.9 Å². The molecule has 5 nitrogen and oxygen atoms in total. The number of amides is 1. The first-order valence-corrected chi connectivity index (χ1v) is 15.0. The first-order valence-electron chi connectivity index (χ1n) is 15.0. The number of aryl methyl sites for hydroxylation is 2. The standard InChI is InChI=1S/C36H45NO4/c1-4-7-12-28-18-20-29(21-19-28)13-8-9-24-41-33-17-11-15-31(26-33)23-22-30-14-10-16-32(25-30)37-34(38)27-36(5-2,6-3)35(39)40/h10-11,14-23,25-26H,4-9,12-13,24,27H2,1-3H3,(H,37,38)(H,39,40). The molecule has 0 radical (unpaired) electrons. The average molecular weight is 556 g/mol. The molecular formula is C36H45NO4. The average Bonchev–Trinajstić information content (AvgIpc) is 2.98. The molecule has 2 N–H and O–H groups in total. The minimum absolute atomic E-state index is 0.0472. The van der Waals surface area contributed by atoms with Crippen LogP contribution in [0.3, 0.4) is 0 Å². The van der Waals surface area contributed by atoms with Crippen LogP contribution in [-0.4, -0.2) is 23.6 Å². The van der Waals surface area contributed by atoms with Crippen molar-refractivity contribution in [1.82, 2.24) is 0 Å². The molecular weight excluding hydrogens is 510 g/mol. The second-order valence-electron chi connectivity index (χ2n) is 10.8. The maximum absolute atomic E-state index is 12.6. The molecule has 5 heteroatoms. The van der Waals surface area contributed by atoms with Crippen LogP contribution in [0.1, 0.15) is 88.0 Å². The largest absolute Gasteiger partial charge is 0.494 e. The highest BCUT2D eigenvalue weighted by atomic mass is 16.5. The van der Waals surface area contributed by atoms with Gasteiger partial charge in [0.05, 0.1) is 12.0 Å². The fourth-order valence-corrected chi connectivity index (χ4v) is 4.89. The van der Waals surface area contributed by atoms with E-state index in [1.807, 2.05) is 74.5 Å². The predicted molar refractivity (Wildman–Crippen MR) is 169 cm³/mol. The molecule has 0 saturated carbocycles. The van der Waals surface area contributed by atoms with E-state index in [2.05, 4.69) is 36.5 Å². The van der Waals surface area contributed by atoms with Gasteiger partial charge in [-0.25, -0.2) is 0 Å². The summed E-state index contributed by atoms with van der Waals surface area (Å²) in [5.74, 6) is -0.367. The molecule has 0 bridgehead atoms. The second-order valence-corrected chi connectivity index (χ2v) is 10.8. The van der Waals surface area contributed by atoms with Crippen LogP contribution in [0.2, 0.25) is 0 Å². The van der Waals surface area contributed by atoms with Crippen LogP contribution >= 0.6 is 0 Å². The maximum Gasteiger partial charge on any atom is 0.310 e. The van der Waals surface area contributed by atoms with Gasteiger partial charge in [0.25, 0.3) is 0 Å². The first-order chi connectivity index (χ1) is 19.9. The van der Waals surface area contributed by atoms with Gasteiger partial charge in [-0.05, 0) is 91.5 Å². The van der Waals surface area contributed by atoms with Gasteiger partial charge in [0.1, 0.15) is 5.75 Å². The van der Waals surface area contributed by atoms with Crippen molar-refractivity contribution in [2.45, 2.75) is 78.6 Å². The summed E-state index contributed by atoms with van der Waals surface area (Å²) in [4.78, 5) is 24.4. The number of rotatable bonds is 17. The van der Waals surface area contributed by atoms with Gasteiger partial charge in [0, 0.05) is 12.1 Å². The highest BCUT2D eigenvalue weighted by molar-refractivity contribution is 5.94. The van der Waals surface area contributed by atoms with E-state index in [1.54, 1.807) is 0 Å². The van der Waals surface area contributed by atoms with E-state index in [0.29, 0.717) is 25.1 Å². The summed E-state index contributed by atoms with van der Waals surface area (Å²) < 4.78 is 6.01. The number of hydrogen-bond acceptors (Lipinski definition) is 3. The van der Waals surface area contributed by atoms with E-state index in [-0.39, 0.29) is 12.3 Å². The summed E-state index contributed by atoms with van der Waals surface area (Å²) in [7, 11) is 0. The predicted octanol–water partition coefficient (Wildman–Crippen LogP) is 8.82. The number of hydrogen-bond donors (Lipinski definition) is 2. The molecule has 1 amide bonds. The molecule has 3 rings (SSSR count). The van der Waals surface area contributed by atoms with Crippen LogP contribution in [0, 0.1) is 5.41 Å². The number of carbonyl (C=O) groups is 2. The number of carboxylic acids is 1. The minimum atomic E-state index is -1.03. The molecule has 3 aromatic carbocycles. The lowest BCUT2D eigenvalue weighted by molar-refractivity contribution is -0.151. The molecule has 0 spiro atoms. The van der Waals surface area contributed by atoms with Crippen molar-refractivity contribution in [3.05, 3.63) is 95.1 Å². The Labute approximate surface area is 245 Å². The number of nitrogens with one attached hydrogen (secondary N) is 1. The van der Waals surface area contributed by atoms with E-state index in [0.717, 1.165) is 36.1 Å². The number of anilines is 1. The van der Waals surface area contributed by atoms with Crippen molar-refractivity contribution in [3.8, 4) is 5.75 Å². The Kier molecular flexibility index (Phi) is 12.7. The molecule has 0 aromatic heterocycles. The van der Waals surface area contributed by atoms with Gasteiger partial charge >= 0.3 is 5.97 Å². The molecule has 0 aliphatic rings. The molecule has 0 saturated heterocycles. The van der Waals surface area contributed by atoms with Crippen molar-refractivity contribution in [1.29, 1.82) is 0 Å². The third kappa shape index (κ3) is 10.2. The van der Waals surface area contributed by atoms with E-state index in [4.69, 9.17) is 4.74 Å². The lowest BCUT2D eigenvalue weighted by Gasteiger charge is -2.25. The molecule has 218 valence electrons. The normalized spacial score (nSPS) is 11.5. The van der Waals surface area contributed by atoms with E-state index in [1.165, 1.54) is 30.4 Å². The lowest BCUT2D eigenvalue weighted by Crippen LogP contribution is -2.34. The summed E-state index contributed by atoms with van der Waals surface area (Å²) in [5, 5.41) is 12.5. The van der Waals surface area contributed by atoms with Crippen LogP contribution in [0.4, 0.5) is 5.69 Å². The SMILES string of the molecule is CCCCc1ccc(CCCCOc2cccc(C=Cc3cccc(NC(=O)CC(CC)(CC)C(=O)O)c3)c2)cc1. The van der Waals surface area contributed by atoms with Gasteiger partial charge in [-0.15, -0.1) is 0 Å². The van der Waals surface area contributed by atoms with Gasteiger partial charge in [-0.3, -0.25) is 9.59 Å². The highest BCUT2D eigenvalue weighted by Crippen LogP contribution is 2.31. The molecule has 0 fully saturated rings. The van der Waals surface area contributed by atoms with Gasteiger partial charge in [0.2, 0.25) is 5.91 Å². The van der Waals surface area contributed by atoms with E-state index in [9.17, 15) is 14.7 Å². The molecule has 0 aliphatic carbocycles. The highest BCUT2D eigenvalue weighted by Gasteiger charge is 2.37. The summed E-state index contributed by atoms with van der Waals surface area (Å²) in [6.07, 6.45) is 11.6. The zero-order valence-corrected chi connectivity index (χ0v) is 24.8. The van der Waals surface area contributed by atoms with Gasteiger partial charge in [0.15, 0.2) is 0 Å². The van der Waals surface area contributed by atoms with Crippen molar-refractivity contribution in [2.75, 3.05) is 11.9 Å². The quantitative estimate of drug-likeness (QED) is 0.129. The van der Waals surface area contributed by atoms with E-state index < -0.39 is 11.4 Å². The molecule has 0 heterocycles. The lowest BCUT2D eigenvalue weighted by atomic mass is 9.79. The van der Waals surface area contributed by atoms with Crippen molar-refractivity contribution in [2.24, 2.45) is 5.41 Å². The Morgan fingerprint density at radius 3 is 2.02 bits per heavy atom. The second kappa shape index (κ2) is 16.4. The van der Waals surface area contributed by atoms with Crippen LogP contribution in [0.15, 0.2) is 72.8 Å². The molecule has 41 heavy (non-hydrogen) atoms. The number of aliphatic carboxylic acids is 1. The summed E-state index contributed by atoms with van der Waals surface area (Å²) in [5.41, 5.74) is 4.38. The van der Waals surface area contributed by atoms with Crippen molar-refractivity contribution < 1.29 is 19.4 Å². The Bertz CT molecular complexity index is 1270. The Balaban J connectivity index is 1.47. The van der Waals surface area contributed by atoms with Gasteiger partial charge in [-0.2, -0.15) is 0 Å². The zero-order valence-electron chi connectivity index (χ0n) is 24.8. The fraction of sp³-hybridized carbons (Fsp3) is 0.389. The topological polar surface area (TPSA) is 75.6 Å². The van der Waals surface area contributed by atoms with Crippen LogP contribution < -0.4 is 10.1 Å². The number of benzene rings is 3. The molecule has 3 aromatic rings. The molecule has 0 atom stereocenters. The number of unbranched alkanes of at least 4 members (excludes halogenated alkanes) is 2. The smallest absolute Gasteiger partial charge is 0.310 e. The monoisotopic (exact) mass is 555 g/mol.